The molecule has 96 valence electrons. The highest BCUT2D eigenvalue weighted by Crippen LogP contribution is 2.31. The highest BCUT2D eigenvalue weighted by molar-refractivity contribution is 7.89. The summed E-state index contributed by atoms with van der Waals surface area (Å²) in [5.74, 6) is 0. The highest BCUT2D eigenvalue weighted by atomic mass is 32.2. The lowest BCUT2D eigenvalue weighted by molar-refractivity contribution is 0.194. The van der Waals surface area contributed by atoms with Crippen molar-refractivity contribution in [2.45, 2.75) is 45.3 Å². The molecule has 1 atom stereocenters. The van der Waals surface area contributed by atoms with E-state index < -0.39 is 15.3 Å². The predicted molar refractivity (Wildman–Crippen MR) is 66.6 cm³/mol. The smallest absolute Gasteiger partial charge is 0.218 e. The number of rotatable bonds is 4. The van der Waals surface area contributed by atoms with E-state index in [1.54, 1.807) is 4.31 Å². The number of nitrogens with two attached hydrogens (primary N) is 1. The van der Waals surface area contributed by atoms with Crippen LogP contribution in [0.4, 0.5) is 0 Å². The van der Waals surface area contributed by atoms with Gasteiger partial charge in [0, 0.05) is 19.6 Å². The molecule has 2 N–H and O–H groups in total. The molecule has 1 saturated heterocycles. The zero-order valence-electron chi connectivity index (χ0n) is 10.6. The van der Waals surface area contributed by atoms with Gasteiger partial charge in [-0.15, -0.1) is 0 Å². The molecule has 0 aromatic carbocycles. The van der Waals surface area contributed by atoms with E-state index in [0.717, 1.165) is 12.8 Å². The van der Waals surface area contributed by atoms with Crippen LogP contribution in [0.1, 0.15) is 40.0 Å². The molecule has 0 amide bonds. The maximum absolute atomic E-state index is 12.2. The van der Waals surface area contributed by atoms with Crippen LogP contribution in [0.15, 0.2) is 0 Å². The fraction of sp³-hybridized carbons (Fsp3) is 1.00. The fourth-order valence-corrected chi connectivity index (χ4v) is 3.83. The summed E-state index contributed by atoms with van der Waals surface area (Å²) in [5.41, 5.74) is 5.80. The van der Waals surface area contributed by atoms with Crippen molar-refractivity contribution in [2.24, 2.45) is 11.1 Å². The molecule has 0 aromatic rings. The van der Waals surface area contributed by atoms with Crippen LogP contribution in [0.25, 0.3) is 0 Å². The van der Waals surface area contributed by atoms with Gasteiger partial charge in [0.25, 0.3) is 0 Å². The normalized spacial score (nSPS) is 24.2. The van der Waals surface area contributed by atoms with Crippen molar-refractivity contribution in [3.05, 3.63) is 0 Å². The number of nitrogens with zero attached hydrogens (tertiary/aromatic N) is 1. The Hall–Kier alpha value is -0.130. The van der Waals surface area contributed by atoms with Crippen molar-refractivity contribution >= 4 is 10.0 Å². The van der Waals surface area contributed by atoms with Gasteiger partial charge < -0.3 is 5.73 Å². The number of hydrogen-bond acceptors (Lipinski definition) is 3. The molecule has 1 rings (SSSR count). The van der Waals surface area contributed by atoms with Gasteiger partial charge in [0.15, 0.2) is 0 Å². The van der Waals surface area contributed by atoms with E-state index in [9.17, 15) is 8.42 Å². The van der Waals surface area contributed by atoms with Gasteiger partial charge in [-0.2, -0.15) is 0 Å². The molecule has 0 aliphatic carbocycles. The second-order valence-corrected chi connectivity index (χ2v) is 7.59. The maximum atomic E-state index is 12.2. The van der Waals surface area contributed by atoms with Crippen LogP contribution in [-0.4, -0.2) is 37.6 Å². The summed E-state index contributed by atoms with van der Waals surface area (Å²) >= 11 is 0. The summed E-state index contributed by atoms with van der Waals surface area (Å²) in [6, 6.07) is 0. The summed E-state index contributed by atoms with van der Waals surface area (Å²) in [7, 11) is -3.17. The van der Waals surface area contributed by atoms with E-state index in [4.69, 9.17) is 5.73 Å². The van der Waals surface area contributed by atoms with E-state index in [1.165, 1.54) is 0 Å². The lowest BCUT2D eigenvalue weighted by Gasteiger charge is -2.37. The van der Waals surface area contributed by atoms with Gasteiger partial charge in [0.1, 0.15) is 0 Å². The van der Waals surface area contributed by atoms with Gasteiger partial charge in [-0.05, 0) is 24.7 Å². The molecule has 1 heterocycles. The van der Waals surface area contributed by atoms with E-state index in [-0.39, 0.29) is 12.0 Å². The highest BCUT2D eigenvalue weighted by Gasteiger charge is 2.35. The van der Waals surface area contributed by atoms with Crippen LogP contribution in [0.2, 0.25) is 0 Å². The van der Waals surface area contributed by atoms with Crippen LogP contribution in [-0.2, 0) is 10.0 Å². The Morgan fingerprint density at radius 3 is 2.19 bits per heavy atom. The third-order valence-corrected chi connectivity index (χ3v) is 6.03. The fourth-order valence-electron chi connectivity index (χ4n) is 2.06. The first-order valence-electron chi connectivity index (χ1n) is 6.02. The van der Waals surface area contributed by atoms with Crippen LogP contribution in [0, 0.1) is 5.41 Å². The minimum Gasteiger partial charge on any atom is -0.329 e. The quantitative estimate of drug-likeness (QED) is 0.812. The third-order valence-electron chi connectivity index (χ3n) is 3.58. The van der Waals surface area contributed by atoms with Crippen molar-refractivity contribution in [3.8, 4) is 0 Å². The van der Waals surface area contributed by atoms with Crippen LogP contribution in [0.3, 0.4) is 0 Å². The van der Waals surface area contributed by atoms with Gasteiger partial charge >= 0.3 is 0 Å². The lowest BCUT2D eigenvalue weighted by Crippen LogP contribution is -2.47. The van der Waals surface area contributed by atoms with Crippen molar-refractivity contribution in [2.75, 3.05) is 19.6 Å². The van der Waals surface area contributed by atoms with Gasteiger partial charge in [-0.25, -0.2) is 12.7 Å². The third kappa shape index (κ3) is 2.96. The van der Waals surface area contributed by atoms with Crippen molar-refractivity contribution in [3.63, 3.8) is 0 Å². The first-order valence-corrected chi connectivity index (χ1v) is 7.53. The minimum atomic E-state index is -3.17. The average molecular weight is 248 g/mol. The second kappa shape index (κ2) is 5.02. The molecule has 0 spiro atoms. The van der Waals surface area contributed by atoms with E-state index >= 15 is 0 Å². The average Bonchev–Trinajstić information content (AvgIpc) is 2.18. The molecular formula is C11H24N2O2S. The summed E-state index contributed by atoms with van der Waals surface area (Å²) < 4.78 is 26.0. The summed E-state index contributed by atoms with van der Waals surface area (Å²) in [5, 5.41) is -0.409. The molecule has 0 saturated carbocycles. The zero-order valence-corrected chi connectivity index (χ0v) is 11.4. The lowest BCUT2D eigenvalue weighted by atomic mass is 9.83. The first-order chi connectivity index (χ1) is 7.33. The molecule has 1 fully saturated rings. The van der Waals surface area contributed by atoms with Crippen LogP contribution in [0.5, 0.6) is 0 Å². The van der Waals surface area contributed by atoms with E-state index in [1.807, 2.05) is 6.92 Å². The standard InChI is InChI=1S/C11H24N2O2S/c1-4-10(9-12)16(14,15)13-7-5-11(2,3)6-8-13/h10H,4-9,12H2,1-3H3. The van der Waals surface area contributed by atoms with E-state index in [2.05, 4.69) is 13.8 Å². The molecule has 0 radical (unpaired) electrons. The summed E-state index contributed by atoms with van der Waals surface area (Å²) in [6.45, 7) is 7.77. The minimum absolute atomic E-state index is 0.221. The number of hydrogen-bond donors (Lipinski definition) is 1. The van der Waals surface area contributed by atoms with Gasteiger partial charge in [-0.3, -0.25) is 0 Å². The van der Waals surface area contributed by atoms with Gasteiger partial charge in [-0.1, -0.05) is 20.8 Å². The Balaban J connectivity index is 2.72. The molecule has 4 nitrogen and oxygen atoms in total. The maximum Gasteiger partial charge on any atom is 0.218 e. The topological polar surface area (TPSA) is 63.4 Å². The van der Waals surface area contributed by atoms with Crippen molar-refractivity contribution in [1.29, 1.82) is 0 Å². The van der Waals surface area contributed by atoms with Crippen molar-refractivity contribution < 1.29 is 8.42 Å². The second-order valence-electron chi connectivity index (χ2n) is 5.37. The Bertz CT molecular complexity index is 311. The Morgan fingerprint density at radius 2 is 1.81 bits per heavy atom. The van der Waals surface area contributed by atoms with Crippen molar-refractivity contribution in [1.82, 2.24) is 4.31 Å². The molecule has 5 heteroatoms. The van der Waals surface area contributed by atoms with E-state index in [0.29, 0.717) is 19.5 Å². The number of piperidine rings is 1. The molecule has 1 unspecified atom stereocenters. The van der Waals surface area contributed by atoms with Crippen LogP contribution < -0.4 is 5.73 Å². The van der Waals surface area contributed by atoms with Crippen LogP contribution >= 0.6 is 0 Å². The summed E-state index contributed by atoms with van der Waals surface area (Å²) in [6.07, 6.45) is 2.47. The predicted octanol–water partition coefficient (Wildman–Crippen LogP) is 1.18. The zero-order chi connectivity index (χ0) is 12.4. The monoisotopic (exact) mass is 248 g/mol. The molecule has 1 aliphatic rings. The molecule has 1 aliphatic heterocycles. The molecule has 0 bridgehead atoms. The first kappa shape index (κ1) is 13.9. The molecule has 16 heavy (non-hydrogen) atoms. The van der Waals surface area contributed by atoms with Gasteiger partial charge in [0.05, 0.1) is 5.25 Å². The SMILES string of the molecule is CCC(CN)S(=O)(=O)N1CCC(C)(C)CC1. The molecular weight excluding hydrogens is 224 g/mol. The Labute approximate surface area is 99.2 Å². The van der Waals surface area contributed by atoms with Gasteiger partial charge in [0.2, 0.25) is 10.0 Å². The number of sulfonamides is 1. The summed E-state index contributed by atoms with van der Waals surface area (Å²) in [4.78, 5) is 0. The Morgan fingerprint density at radius 1 is 1.31 bits per heavy atom. The Kier molecular flexibility index (Phi) is 4.37. The molecule has 0 aromatic heterocycles. The largest absolute Gasteiger partial charge is 0.329 e.